The molecule has 0 fully saturated rings. The van der Waals surface area contributed by atoms with E-state index in [0.29, 0.717) is 0 Å². The summed E-state index contributed by atoms with van der Waals surface area (Å²) in [6.07, 6.45) is 4.66. The number of benzene rings is 1. The Morgan fingerprint density at radius 1 is 1.15 bits per heavy atom. The van der Waals surface area contributed by atoms with E-state index in [1.165, 1.54) is 12.0 Å². The topological polar surface area (TPSA) is 30.5 Å². The normalized spacial score (nSPS) is 12.3. The van der Waals surface area contributed by atoms with Gasteiger partial charge in [0.25, 0.3) is 0 Å². The van der Waals surface area contributed by atoms with E-state index in [1.807, 2.05) is 0 Å². The van der Waals surface area contributed by atoms with Crippen LogP contribution in [0.1, 0.15) is 38.7 Å². The van der Waals surface area contributed by atoms with Gasteiger partial charge in [0.1, 0.15) is 5.75 Å². The Morgan fingerprint density at radius 2 is 1.90 bits per heavy atom. The molecule has 0 bridgehead atoms. The van der Waals surface area contributed by atoms with Crippen molar-refractivity contribution < 1.29 is 9.47 Å². The summed E-state index contributed by atoms with van der Waals surface area (Å²) < 4.78 is 11.0. The number of rotatable bonds is 11. The fourth-order valence-electron chi connectivity index (χ4n) is 2.06. The fraction of sp³-hybridized carbons (Fsp3) is 0.647. The predicted molar refractivity (Wildman–Crippen MR) is 84.5 cm³/mol. The summed E-state index contributed by atoms with van der Waals surface area (Å²) in [6, 6.07) is 8.33. The minimum Gasteiger partial charge on any atom is -0.491 e. The molecule has 0 saturated heterocycles. The second kappa shape index (κ2) is 10.7. The maximum absolute atomic E-state index is 5.92. The highest BCUT2D eigenvalue weighted by Crippen LogP contribution is 2.15. The predicted octanol–water partition coefficient (Wildman–Crippen LogP) is 3.42. The van der Waals surface area contributed by atoms with Crippen molar-refractivity contribution in [2.75, 3.05) is 26.8 Å². The first kappa shape index (κ1) is 17.0. The molecule has 3 heteroatoms. The summed E-state index contributed by atoms with van der Waals surface area (Å²) in [5, 5.41) is 3.41. The van der Waals surface area contributed by atoms with E-state index in [9.17, 15) is 0 Å². The molecule has 0 spiro atoms. The van der Waals surface area contributed by atoms with Crippen molar-refractivity contribution in [1.29, 1.82) is 0 Å². The van der Waals surface area contributed by atoms with E-state index in [-0.39, 0.29) is 6.10 Å². The largest absolute Gasteiger partial charge is 0.491 e. The maximum atomic E-state index is 5.92. The molecule has 20 heavy (non-hydrogen) atoms. The monoisotopic (exact) mass is 279 g/mol. The van der Waals surface area contributed by atoms with Crippen molar-refractivity contribution in [3.8, 4) is 5.75 Å². The molecule has 1 atom stereocenters. The third-order valence-corrected chi connectivity index (χ3v) is 3.25. The van der Waals surface area contributed by atoms with E-state index in [1.54, 1.807) is 7.11 Å². The lowest BCUT2D eigenvalue weighted by atomic mass is 10.1. The summed E-state index contributed by atoms with van der Waals surface area (Å²) in [5.74, 6) is 0.959. The van der Waals surface area contributed by atoms with Gasteiger partial charge in [-0.05, 0) is 63.4 Å². The van der Waals surface area contributed by atoms with Gasteiger partial charge in [0.2, 0.25) is 0 Å². The van der Waals surface area contributed by atoms with Crippen LogP contribution >= 0.6 is 0 Å². The molecule has 114 valence electrons. The lowest BCUT2D eigenvalue weighted by molar-refractivity contribution is 0.201. The van der Waals surface area contributed by atoms with Gasteiger partial charge in [0, 0.05) is 7.11 Å². The van der Waals surface area contributed by atoms with Gasteiger partial charge in [0.15, 0.2) is 0 Å². The molecule has 0 aliphatic heterocycles. The first-order chi connectivity index (χ1) is 9.76. The molecule has 0 saturated carbocycles. The quantitative estimate of drug-likeness (QED) is 0.630. The molecule has 0 heterocycles. The Labute approximate surface area is 123 Å². The molecule has 0 aromatic heterocycles. The van der Waals surface area contributed by atoms with Gasteiger partial charge in [-0.15, -0.1) is 0 Å². The summed E-state index contributed by atoms with van der Waals surface area (Å²) in [5.41, 5.74) is 1.29. The minimum atomic E-state index is 0.267. The van der Waals surface area contributed by atoms with Crippen LogP contribution in [0.5, 0.6) is 5.75 Å². The molecule has 1 N–H and O–H groups in total. The maximum Gasteiger partial charge on any atom is 0.119 e. The molecule has 0 amide bonds. The molecule has 1 aromatic carbocycles. The van der Waals surface area contributed by atoms with Gasteiger partial charge >= 0.3 is 0 Å². The third-order valence-electron chi connectivity index (χ3n) is 3.25. The number of hydrogen-bond acceptors (Lipinski definition) is 3. The molecule has 0 radical (unpaired) electrons. The summed E-state index contributed by atoms with van der Waals surface area (Å²) in [6.45, 7) is 7.28. The van der Waals surface area contributed by atoms with E-state index in [2.05, 4.69) is 43.4 Å². The lowest BCUT2D eigenvalue weighted by Crippen LogP contribution is -2.19. The number of nitrogens with one attached hydrogen (secondary N) is 1. The van der Waals surface area contributed by atoms with Crippen LogP contribution in [0.4, 0.5) is 0 Å². The zero-order valence-corrected chi connectivity index (χ0v) is 13.2. The third kappa shape index (κ3) is 7.51. The van der Waals surface area contributed by atoms with E-state index >= 15 is 0 Å². The van der Waals surface area contributed by atoms with Crippen LogP contribution in [0.3, 0.4) is 0 Å². The highest BCUT2D eigenvalue weighted by Gasteiger charge is 2.04. The first-order valence-electron chi connectivity index (χ1n) is 7.71. The number of methoxy groups -OCH3 is 1. The average Bonchev–Trinajstić information content (AvgIpc) is 2.46. The van der Waals surface area contributed by atoms with Crippen molar-refractivity contribution in [2.45, 2.75) is 45.6 Å². The van der Waals surface area contributed by atoms with Crippen molar-refractivity contribution in [3.05, 3.63) is 29.8 Å². The smallest absolute Gasteiger partial charge is 0.119 e. The Bertz CT molecular complexity index is 337. The van der Waals surface area contributed by atoms with Crippen LogP contribution in [-0.4, -0.2) is 32.9 Å². The van der Waals surface area contributed by atoms with E-state index in [0.717, 1.165) is 44.7 Å². The zero-order chi connectivity index (χ0) is 14.6. The van der Waals surface area contributed by atoms with Crippen LogP contribution in [0.25, 0.3) is 0 Å². The molecular weight excluding hydrogens is 250 g/mol. The Kier molecular flexibility index (Phi) is 9.09. The number of ether oxygens (including phenoxy) is 2. The number of hydrogen-bond donors (Lipinski definition) is 1. The van der Waals surface area contributed by atoms with Crippen LogP contribution in [0, 0.1) is 0 Å². The molecule has 1 rings (SSSR count). The standard InChI is InChI=1S/C17H29NO2/c1-4-12-18-13-5-6-15(2)20-17-9-7-16(8-10-17)11-14-19-3/h7-10,15,18H,4-6,11-14H2,1-3H3. The Balaban J connectivity index is 2.22. The fourth-order valence-corrected chi connectivity index (χ4v) is 2.06. The Hall–Kier alpha value is -1.06. The van der Waals surface area contributed by atoms with Crippen LogP contribution in [0.15, 0.2) is 24.3 Å². The second-order valence-corrected chi connectivity index (χ2v) is 5.21. The lowest BCUT2D eigenvalue weighted by Gasteiger charge is -2.15. The summed E-state index contributed by atoms with van der Waals surface area (Å²) in [4.78, 5) is 0. The van der Waals surface area contributed by atoms with Gasteiger partial charge < -0.3 is 14.8 Å². The minimum absolute atomic E-state index is 0.267. The van der Waals surface area contributed by atoms with Crippen molar-refractivity contribution in [2.24, 2.45) is 0 Å². The van der Waals surface area contributed by atoms with Crippen molar-refractivity contribution in [1.82, 2.24) is 5.32 Å². The zero-order valence-electron chi connectivity index (χ0n) is 13.2. The molecule has 3 nitrogen and oxygen atoms in total. The van der Waals surface area contributed by atoms with E-state index < -0.39 is 0 Å². The van der Waals surface area contributed by atoms with Crippen LogP contribution < -0.4 is 10.1 Å². The van der Waals surface area contributed by atoms with Gasteiger partial charge in [-0.2, -0.15) is 0 Å². The van der Waals surface area contributed by atoms with Crippen molar-refractivity contribution >= 4 is 0 Å². The van der Waals surface area contributed by atoms with Gasteiger partial charge in [-0.25, -0.2) is 0 Å². The van der Waals surface area contributed by atoms with Gasteiger partial charge in [-0.3, -0.25) is 0 Å². The summed E-state index contributed by atoms with van der Waals surface area (Å²) in [7, 11) is 1.73. The van der Waals surface area contributed by atoms with E-state index in [4.69, 9.17) is 9.47 Å². The summed E-state index contributed by atoms with van der Waals surface area (Å²) >= 11 is 0. The van der Waals surface area contributed by atoms with Gasteiger partial charge in [0.05, 0.1) is 12.7 Å². The molecular formula is C17H29NO2. The van der Waals surface area contributed by atoms with Crippen molar-refractivity contribution in [3.63, 3.8) is 0 Å². The molecule has 1 aromatic rings. The van der Waals surface area contributed by atoms with Gasteiger partial charge in [-0.1, -0.05) is 19.1 Å². The highest BCUT2D eigenvalue weighted by atomic mass is 16.5. The first-order valence-corrected chi connectivity index (χ1v) is 7.71. The molecule has 0 aliphatic carbocycles. The molecule has 1 unspecified atom stereocenters. The van der Waals surface area contributed by atoms with Crippen LogP contribution in [0.2, 0.25) is 0 Å². The van der Waals surface area contributed by atoms with Crippen LogP contribution in [-0.2, 0) is 11.2 Å². The highest BCUT2D eigenvalue weighted by molar-refractivity contribution is 5.27. The second-order valence-electron chi connectivity index (χ2n) is 5.21. The Morgan fingerprint density at radius 3 is 2.55 bits per heavy atom. The average molecular weight is 279 g/mol. The molecule has 0 aliphatic rings. The SMILES string of the molecule is CCCNCCCC(C)Oc1ccc(CCOC)cc1.